The Labute approximate surface area is 195 Å². The molecule has 0 bridgehead atoms. The Kier molecular flexibility index (Phi) is 7.72. The first-order valence-corrected chi connectivity index (χ1v) is 12.1. The minimum atomic E-state index is -0.559. The molecule has 0 aromatic carbocycles. The van der Waals surface area contributed by atoms with E-state index in [1.165, 1.54) is 22.5 Å². The molecule has 4 heterocycles. The van der Waals surface area contributed by atoms with Gasteiger partial charge in [-0.05, 0) is 37.8 Å². The van der Waals surface area contributed by atoms with Crippen molar-refractivity contribution in [2.24, 2.45) is 5.16 Å². The molecule has 2 aromatic heterocycles. The van der Waals surface area contributed by atoms with E-state index < -0.39 is 6.10 Å². The van der Waals surface area contributed by atoms with Crippen LogP contribution in [0.4, 0.5) is 0 Å². The average molecular weight is 457 g/mol. The number of ether oxygens (including phenoxy) is 1. The number of hydrogen-bond acceptors (Lipinski definition) is 8. The summed E-state index contributed by atoms with van der Waals surface area (Å²) in [7, 11) is 0. The first-order valence-electron chi connectivity index (χ1n) is 12.1. The van der Waals surface area contributed by atoms with Crippen LogP contribution in [0.15, 0.2) is 17.4 Å². The number of fused-ring (bicyclic) bond motifs is 1. The van der Waals surface area contributed by atoms with Crippen molar-refractivity contribution in [2.45, 2.75) is 78.2 Å². The van der Waals surface area contributed by atoms with Gasteiger partial charge in [-0.1, -0.05) is 30.3 Å². The summed E-state index contributed by atoms with van der Waals surface area (Å²) >= 11 is 0. The minimum absolute atomic E-state index is 0.199. The Bertz CT molecular complexity index is 975. The molecule has 2 aliphatic rings. The Morgan fingerprint density at radius 2 is 2.18 bits per heavy atom. The summed E-state index contributed by atoms with van der Waals surface area (Å²) in [4.78, 5) is 13.1. The van der Waals surface area contributed by atoms with Crippen LogP contribution < -0.4 is 0 Å². The van der Waals surface area contributed by atoms with E-state index in [0.29, 0.717) is 18.9 Å². The van der Waals surface area contributed by atoms with Crippen LogP contribution in [0.3, 0.4) is 0 Å². The standard InChI is InChI=1S/C24H36N6O3/c1-5-18-11-19-12-29(10-8-21(19)25-20(18)6-2)9-7-16(3)27-33-17(4)22-13-30(28-26-22)23-14-32-15-24(23)31/h11,13,17,23-24,31H,5-10,12,14-15H2,1-4H3/b27-16+/t17-,23-,24-/m1/s1. The maximum absolute atomic E-state index is 9.96. The van der Waals surface area contributed by atoms with E-state index in [4.69, 9.17) is 14.6 Å². The molecule has 2 aromatic rings. The van der Waals surface area contributed by atoms with Gasteiger partial charge in [0.15, 0.2) is 6.10 Å². The normalized spacial score (nSPS) is 22.4. The first-order chi connectivity index (χ1) is 16.0. The lowest BCUT2D eigenvalue weighted by Gasteiger charge is -2.29. The monoisotopic (exact) mass is 456 g/mol. The van der Waals surface area contributed by atoms with Gasteiger partial charge in [0.05, 0.1) is 25.1 Å². The molecular weight excluding hydrogens is 420 g/mol. The smallest absolute Gasteiger partial charge is 0.169 e. The van der Waals surface area contributed by atoms with E-state index >= 15 is 0 Å². The molecule has 1 N–H and O–H groups in total. The van der Waals surface area contributed by atoms with Gasteiger partial charge < -0.3 is 14.7 Å². The topological polar surface area (TPSA) is 97.9 Å². The summed E-state index contributed by atoms with van der Waals surface area (Å²) in [6.07, 6.45) is 4.81. The highest BCUT2D eigenvalue weighted by atomic mass is 16.6. The van der Waals surface area contributed by atoms with Gasteiger partial charge in [-0.15, -0.1) is 5.10 Å². The van der Waals surface area contributed by atoms with Gasteiger partial charge in [0.1, 0.15) is 17.8 Å². The van der Waals surface area contributed by atoms with Crippen molar-refractivity contribution in [3.63, 3.8) is 0 Å². The maximum Gasteiger partial charge on any atom is 0.169 e. The zero-order valence-corrected chi connectivity index (χ0v) is 20.2. The van der Waals surface area contributed by atoms with Crippen LogP contribution >= 0.6 is 0 Å². The third-order valence-electron chi connectivity index (χ3n) is 6.60. The van der Waals surface area contributed by atoms with Gasteiger partial charge in [-0.2, -0.15) is 0 Å². The predicted molar refractivity (Wildman–Crippen MR) is 125 cm³/mol. The van der Waals surface area contributed by atoms with Gasteiger partial charge in [0.25, 0.3) is 0 Å². The van der Waals surface area contributed by atoms with Crippen LogP contribution in [0.2, 0.25) is 0 Å². The summed E-state index contributed by atoms with van der Waals surface area (Å²) in [5.74, 6) is 0. The SMILES string of the molecule is CCc1cc2c(nc1CC)CCN(CC/C(C)=N/O[C@H](C)c1cn([C@@H]3COC[C@H]3O)nn1)C2. The molecule has 33 heavy (non-hydrogen) atoms. The number of oxime groups is 1. The van der Waals surface area contributed by atoms with E-state index in [2.05, 4.69) is 40.3 Å². The Morgan fingerprint density at radius 3 is 2.91 bits per heavy atom. The van der Waals surface area contributed by atoms with Crippen molar-refractivity contribution in [1.82, 2.24) is 24.9 Å². The van der Waals surface area contributed by atoms with Gasteiger partial charge in [-0.25, -0.2) is 4.68 Å². The van der Waals surface area contributed by atoms with E-state index in [-0.39, 0.29) is 12.1 Å². The molecule has 0 saturated carbocycles. The van der Waals surface area contributed by atoms with Crippen LogP contribution in [-0.4, -0.2) is 68.1 Å². The lowest BCUT2D eigenvalue weighted by atomic mass is 9.99. The molecule has 1 saturated heterocycles. The zero-order valence-electron chi connectivity index (χ0n) is 20.2. The fraction of sp³-hybridized carbons (Fsp3) is 0.667. The van der Waals surface area contributed by atoms with Gasteiger partial charge in [-0.3, -0.25) is 9.88 Å². The summed E-state index contributed by atoms with van der Waals surface area (Å²) < 4.78 is 6.94. The van der Waals surface area contributed by atoms with Crippen LogP contribution in [0.1, 0.15) is 74.5 Å². The molecule has 1 fully saturated rings. The molecule has 0 spiro atoms. The fourth-order valence-corrected chi connectivity index (χ4v) is 4.44. The molecule has 0 radical (unpaired) electrons. The van der Waals surface area contributed by atoms with Crippen molar-refractivity contribution in [1.29, 1.82) is 0 Å². The summed E-state index contributed by atoms with van der Waals surface area (Å²) in [5.41, 5.74) is 6.91. The van der Waals surface area contributed by atoms with Crippen molar-refractivity contribution in [2.75, 3.05) is 26.3 Å². The summed E-state index contributed by atoms with van der Waals surface area (Å²) in [6.45, 7) is 12.0. The van der Waals surface area contributed by atoms with E-state index in [9.17, 15) is 5.11 Å². The number of nitrogens with zero attached hydrogens (tertiary/aromatic N) is 6. The van der Waals surface area contributed by atoms with Crippen molar-refractivity contribution in [3.05, 3.63) is 40.5 Å². The second-order valence-corrected chi connectivity index (χ2v) is 9.05. The number of hydrogen-bond donors (Lipinski definition) is 1. The summed E-state index contributed by atoms with van der Waals surface area (Å²) in [6, 6.07) is 2.17. The van der Waals surface area contributed by atoms with Crippen molar-refractivity contribution < 1.29 is 14.7 Å². The van der Waals surface area contributed by atoms with Crippen LogP contribution in [-0.2, 0) is 35.4 Å². The van der Waals surface area contributed by atoms with Crippen LogP contribution in [0.25, 0.3) is 0 Å². The highest BCUT2D eigenvalue weighted by Gasteiger charge is 2.29. The predicted octanol–water partition coefficient (Wildman–Crippen LogP) is 2.63. The second kappa shape index (κ2) is 10.7. The first kappa shape index (κ1) is 23.8. The third kappa shape index (κ3) is 5.59. The molecule has 0 unspecified atom stereocenters. The molecule has 2 aliphatic heterocycles. The number of pyridine rings is 1. The highest BCUT2D eigenvalue weighted by molar-refractivity contribution is 5.81. The number of rotatable bonds is 9. The number of aromatic nitrogens is 4. The minimum Gasteiger partial charge on any atom is -0.388 e. The Morgan fingerprint density at radius 1 is 1.33 bits per heavy atom. The van der Waals surface area contributed by atoms with Crippen LogP contribution in [0.5, 0.6) is 0 Å². The van der Waals surface area contributed by atoms with E-state index in [0.717, 1.165) is 51.0 Å². The highest BCUT2D eigenvalue weighted by Crippen LogP contribution is 2.23. The molecule has 3 atom stereocenters. The molecule has 180 valence electrons. The van der Waals surface area contributed by atoms with E-state index in [1.54, 1.807) is 10.9 Å². The second-order valence-electron chi connectivity index (χ2n) is 9.05. The third-order valence-corrected chi connectivity index (χ3v) is 6.60. The van der Waals surface area contributed by atoms with Crippen molar-refractivity contribution >= 4 is 5.71 Å². The van der Waals surface area contributed by atoms with E-state index in [1.807, 2.05) is 13.8 Å². The van der Waals surface area contributed by atoms with Crippen molar-refractivity contribution in [3.8, 4) is 0 Å². The average Bonchev–Trinajstić information content (AvgIpc) is 3.49. The largest absolute Gasteiger partial charge is 0.388 e. The number of aliphatic hydroxyl groups excluding tert-OH is 1. The number of aryl methyl sites for hydroxylation is 2. The molecule has 0 amide bonds. The zero-order chi connectivity index (χ0) is 23.4. The Balaban J connectivity index is 1.27. The lowest BCUT2D eigenvalue weighted by molar-refractivity contribution is 0.0683. The Hall–Kier alpha value is -2.36. The molecule has 4 rings (SSSR count). The fourth-order valence-electron chi connectivity index (χ4n) is 4.44. The molecule has 9 heteroatoms. The molecular formula is C24H36N6O3. The van der Waals surface area contributed by atoms with Gasteiger partial charge >= 0.3 is 0 Å². The quantitative estimate of drug-likeness (QED) is 0.457. The van der Waals surface area contributed by atoms with Crippen LogP contribution in [0, 0.1) is 0 Å². The van der Waals surface area contributed by atoms with Gasteiger partial charge in [0, 0.05) is 43.9 Å². The molecule has 9 nitrogen and oxygen atoms in total. The molecule has 0 aliphatic carbocycles. The lowest BCUT2D eigenvalue weighted by Crippen LogP contribution is -2.33. The maximum atomic E-state index is 9.96. The summed E-state index contributed by atoms with van der Waals surface area (Å²) in [5, 5.41) is 22.6. The number of aliphatic hydroxyl groups is 1. The van der Waals surface area contributed by atoms with Gasteiger partial charge in [0.2, 0.25) is 0 Å².